The molecule has 1 heterocycles. The standard InChI is InChI=1S/C18H25ClN4/c1-4-15(19)6-5-12-20-18-21-13-11-17(22-18)14-7-9-16(10-8-14)23(2)3/h7-11,13,15H,4-6,12H2,1-3H3,(H,20,21,22). The zero-order valence-electron chi connectivity index (χ0n) is 14.1. The molecule has 0 aliphatic carbocycles. The average Bonchev–Trinajstić information content (AvgIpc) is 2.59. The van der Waals surface area contributed by atoms with Gasteiger partial charge >= 0.3 is 0 Å². The lowest BCUT2D eigenvalue weighted by atomic mass is 10.1. The Morgan fingerprint density at radius 1 is 1.17 bits per heavy atom. The lowest BCUT2D eigenvalue weighted by Crippen LogP contribution is -2.08. The normalized spacial score (nSPS) is 12.0. The van der Waals surface area contributed by atoms with E-state index in [2.05, 4.69) is 51.4 Å². The topological polar surface area (TPSA) is 41.1 Å². The van der Waals surface area contributed by atoms with Crippen LogP contribution in [-0.4, -0.2) is 36.0 Å². The highest BCUT2D eigenvalue weighted by molar-refractivity contribution is 6.20. The summed E-state index contributed by atoms with van der Waals surface area (Å²) in [5, 5.41) is 3.54. The summed E-state index contributed by atoms with van der Waals surface area (Å²) in [6, 6.07) is 10.3. The molecule has 0 aliphatic rings. The largest absolute Gasteiger partial charge is 0.378 e. The Morgan fingerprint density at radius 2 is 1.91 bits per heavy atom. The van der Waals surface area contributed by atoms with E-state index >= 15 is 0 Å². The predicted molar refractivity (Wildman–Crippen MR) is 99.5 cm³/mol. The first-order valence-electron chi connectivity index (χ1n) is 8.09. The van der Waals surface area contributed by atoms with E-state index < -0.39 is 0 Å². The minimum absolute atomic E-state index is 0.263. The van der Waals surface area contributed by atoms with Gasteiger partial charge in [-0.2, -0.15) is 0 Å². The van der Waals surface area contributed by atoms with Gasteiger partial charge in [-0.15, -0.1) is 11.6 Å². The van der Waals surface area contributed by atoms with E-state index in [1.165, 1.54) is 5.69 Å². The maximum atomic E-state index is 6.12. The van der Waals surface area contributed by atoms with Crippen molar-refractivity contribution in [2.24, 2.45) is 0 Å². The minimum atomic E-state index is 0.263. The van der Waals surface area contributed by atoms with Crippen molar-refractivity contribution in [1.29, 1.82) is 0 Å². The fraction of sp³-hybridized carbons (Fsp3) is 0.444. The first-order valence-corrected chi connectivity index (χ1v) is 8.52. The highest BCUT2D eigenvalue weighted by Gasteiger charge is 2.04. The number of alkyl halides is 1. The van der Waals surface area contributed by atoms with Crippen LogP contribution in [0.2, 0.25) is 0 Å². The molecule has 124 valence electrons. The third-order valence-corrected chi connectivity index (χ3v) is 4.28. The van der Waals surface area contributed by atoms with Crippen molar-refractivity contribution in [3.05, 3.63) is 36.5 Å². The summed E-state index contributed by atoms with van der Waals surface area (Å²) in [7, 11) is 4.07. The Labute approximate surface area is 143 Å². The van der Waals surface area contributed by atoms with Gasteiger partial charge in [-0.3, -0.25) is 0 Å². The summed E-state index contributed by atoms with van der Waals surface area (Å²) in [4.78, 5) is 11.0. The Morgan fingerprint density at radius 3 is 2.57 bits per heavy atom. The predicted octanol–water partition coefficient (Wildman–Crippen LogP) is 4.42. The zero-order chi connectivity index (χ0) is 16.7. The molecule has 2 rings (SSSR count). The van der Waals surface area contributed by atoms with Crippen molar-refractivity contribution in [3.63, 3.8) is 0 Å². The first kappa shape index (κ1) is 17.5. The maximum absolute atomic E-state index is 6.12. The molecule has 0 fully saturated rings. The van der Waals surface area contributed by atoms with Crippen molar-refractivity contribution in [2.75, 3.05) is 30.9 Å². The molecule has 5 heteroatoms. The lowest BCUT2D eigenvalue weighted by Gasteiger charge is -2.12. The first-order chi connectivity index (χ1) is 11.1. The summed E-state index contributed by atoms with van der Waals surface area (Å²) in [6.45, 7) is 2.95. The van der Waals surface area contributed by atoms with Crippen molar-refractivity contribution in [1.82, 2.24) is 9.97 Å². The molecular formula is C18H25ClN4. The average molecular weight is 333 g/mol. The number of halogens is 1. The number of hydrogen-bond donors (Lipinski definition) is 1. The zero-order valence-corrected chi connectivity index (χ0v) is 14.8. The number of aromatic nitrogens is 2. The van der Waals surface area contributed by atoms with Gasteiger partial charge in [0.2, 0.25) is 5.95 Å². The highest BCUT2D eigenvalue weighted by atomic mass is 35.5. The van der Waals surface area contributed by atoms with E-state index in [1.807, 2.05) is 20.2 Å². The molecule has 0 bridgehead atoms. The Kier molecular flexibility index (Phi) is 6.66. The van der Waals surface area contributed by atoms with Crippen LogP contribution in [0.15, 0.2) is 36.5 Å². The Bertz CT molecular complexity index is 598. The number of nitrogens with one attached hydrogen (secondary N) is 1. The van der Waals surface area contributed by atoms with E-state index in [1.54, 1.807) is 6.20 Å². The Hall–Kier alpha value is -1.81. The van der Waals surface area contributed by atoms with Crippen molar-refractivity contribution >= 4 is 23.2 Å². The summed E-state index contributed by atoms with van der Waals surface area (Å²) >= 11 is 6.12. The van der Waals surface area contributed by atoms with E-state index in [9.17, 15) is 0 Å². The molecule has 0 spiro atoms. The third kappa shape index (κ3) is 5.39. The fourth-order valence-electron chi connectivity index (χ4n) is 2.26. The van der Waals surface area contributed by atoms with Crippen LogP contribution in [0.5, 0.6) is 0 Å². The molecule has 0 radical (unpaired) electrons. The smallest absolute Gasteiger partial charge is 0.223 e. The number of anilines is 2. The summed E-state index contributed by atoms with van der Waals surface area (Å²) in [5.74, 6) is 0.668. The molecule has 0 aliphatic heterocycles. The molecule has 0 saturated heterocycles. The highest BCUT2D eigenvalue weighted by Crippen LogP contribution is 2.21. The third-order valence-electron chi connectivity index (χ3n) is 3.76. The molecule has 1 aromatic heterocycles. The maximum Gasteiger partial charge on any atom is 0.223 e. The van der Waals surface area contributed by atoms with Crippen molar-refractivity contribution in [2.45, 2.75) is 31.6 Å². The van der Waals surface area contributed by atoms with Gasteiger partial charge in [-0.25, -0.2) is 9.97 Å². The van der Waals surface area contributed by atoms with Gasteiger partial charge in [0.1, 0.15) is 0 Å². The molecule has 1 aromatic carbocycles. The number of hydrogen-bond acceptors (Lipinski definition) is 4. The van der Waals surface area contributed by atoms with Crippen LogP contribution in [0.25, 0.3) is 11.3 Å². The van der Waals surface area contributed by atoms with Crippen LogP contribution >= 0.6 is 11.6 Å². The van der Waals surface area contributed by atoms with E-state index in [-0.39, 0.29) is 5.38 Å². The van der Waals surface area contributed by atoms with Crippen molar-refractivity contribution in [3.8, 4) is 11.3 Å². The SMILES string of the molecule is CCC(Cl)CCCNc1nccc(-c2ccc(N(C)C)cc2)n1. The van der Waals surface area contributed by atoms with Gasteiger partial charge in [-0.05, 0) is 37.5 Å². The minimum Gasteiger partial charge on any atom is -0.378 e. The van der Waals surface area contributed by atoms with Crippen LogP contribution in [0.3, 0.4) is 0 Å². The van der Waals surface area contributed by atoms with Gasteiger partial charge < -0.3 is 10.2 Å². The van der Waals surface area contributed by atoms with E-state index in [0.29, 0.717) is 5.95 Å². The molecule has 0 amide bonds. The van der Waals surface area contributed by atoms with Crippen molar-refractivity contribution < 1.29 is 0 Å². The summed E-state index contributed by atoms with van der Waals surface area (Å²) < 4.78 is 0. The second-order valence-corrected chi connectivity index (χ2v) is 6.40. The fourth-order valence-corrected chi connectivity index (χ4v) is 2.42. The molecule has 1 unspecified atom stereocenters. The van der Waals surface area contributed by atoms with E-state index in [0.717, 1.165) is 37.1 Å². The number of nitrogens with zero attached hydrogens (tertiary/aromatic N) is 3. The second kappa shape index (κ2) is 8.73. The molecule has 1 atom stereocenters. The second-order valence-electron chi connectivity index (χ2n) is 5.78. The van der Waals surface area contributed by atoms with Gasteiger partial charge in [-0.1, -0.05) is 19.1 Å². The number of benzene rings is 1. The van der Waals surface area contributed by atoms with Crippen LogP contribution in [-0.2, 0) is 0 Å². The van der Waals surface area contributed by atoms with E-state index in [4.69, 9.17) is 11.6 Å². The lowest BCUT2D eigenvalue weighted by molar-refractivity contribution is 0.691. The number of rotatable bonds is 8. The molecular weight excluding hydrogens is 308 g/mol. The van der Waals surface area contributed by atoms with Gasteiger partial charge in [0.25, 0.3) is 0 Å². The van der Waals surface area contributed by atoms with Gasteiger partial charge in [0, 0.05) is 43.5 Å². The molecule has 23 heavy (non-hydrogen) atoms. The molecule has 2 aromatic rings. The summed E-state index contributed by atoms with van der Waals surface area (Å²) in [6.07, 6.45) is 4.83. The summed E-state index contributed by atoms with van der Waals surface area (Å²) in [5.41, 5.74) is 3.19. The van der Waals surface area contributed by atoms with Crippen LogP contribution in [0, 0.1) is 0 Å². The van der Waals surface area contributed by atoms with Crippen LogP contribution in [0.1, 0.15) is 26.2 Å². The van der Waals surface area contributed by atoms with Crippen LogP contribution < -0.4 is 10.2 Å². The monoisotopic (exact) mass is 332 g/mol. The van der Waals surface area contributed by atoms with Gasteiger partial charge in [0.15, 0.2) is 0 Å². The quantitative estimate of drug-likeness (QED) is 0.574. The molecule has 0 saturated carbocycles. The van der Waals surface area contributed by atoms with Crippen LogP contribution in [0.4, 0.5) is 11.6 Å². The van der Waals surface area contributed by atoms with Gasteiger partial charge in [0.05, 0.1) is 5.69 Å². The molecule has 4 nitrogen and oxygen atoms in total. The molecule has 1 N–H and O–H groups in total. The Balaban J connectivity index is 1.96.